The van der Waals surface area contributed by atoms with Crippen LogP contribution in [0, 0.1) is 0 Å². The van der Waals surface area contributed by atoms with Crippen molar-refractivity contribution in [3.05, 3.63) is 47.0 Å². The summed E-state index contributed by atoms with van der Waals surface area (Å²) in [5, 5.41) is 4.63. The van der Waals surface area contributed by atoms with Crippen molar-refractivity contribution in [2.45, 2.75) is 6.92 Å². The molecule has 1 heterocycles. The second-order valence-electron chi connectivity index (χ2n) is 4.19. The molecule has 1 aromatic heterocycles. The third-order valence-corrected chi connectivity index (χ3v) is 3.37. The van der Waals surface area contributed by atoms with E-state index in [1.54, 1.807) is 18.6 Å². The predicted octanol–water partition coefficient (Wildman–Crippen LogP) is 3.01. The maximum atomic E-state index is 11.8. The van der Waals surface area contributed by atoms with Gasteiger partial charge in [0.15, 0.2) is 10.9 Å². The normalized spacial score (nSPS) is 10.6. The fourth-order valence-corrected chi connectivity index (χ4v) is 2.31. The molecule has 0 radical (unpaired) electrons. The molecule has 0 saturated carbocycles. The highest BCUT2D eigenvalue weighted by Gasteiger charge is 2.07. The molecule has 0 atom stereocenters. The van der Waals surface area contributed by atoms with Crippen molar-refractivity contribution in [2.24, 2.45) is 0 Å². The number of amides is 1. The van der Waals surface area contributed by atoms with E-state index < -0.39 is 0 Å². The number of Topliss-reactive ketones (excluding diaryl/α,β-unsaturated/α-hetero) is 1. The van der Waals surface area contributed by atoms with E-state index in [1.165, 1.54) is 24.3 Å². The van der Waals surface area contributed by atoms with Crippen LogP contribution in [0.3, 0.4) is 0 Å². The zero-order chi connectivity index (χ0) is 15.2. The summed E-state index contributed by atoms with van der Waals surface area (Å²) >= 11 is 1.22. The van der Waals surface area contributed by atoms with Crippen LogP contribution in [-0.2, 0) is 4.79 Å². The molecule has 0 bridgehead atoms. The van der Waals surface area contributed by atoms with E-state index in [0.717, 1.165) is 11.3 Å². The van der Waals surface area contributed by atoms with Crippen molar-refractivity contribution in [3.8, 4) is 5.75 Å². The number of ketones is 1. The van der Waals surface area contributed by atoms with Gasteiger partial charge in [-0.2, -0.15) is 0 Å². The third-order valence-electron chi connectivity index (χ3n) is 2.62. The average molecular weight is 302 g/mol. The van der Waals surface area contributed by atoms with Gasteiger partial charge >= 0.3 is 0 Å². The van der Waals surface area contributed by atoms with Crippen LogP contribution in [0.2, 0.25) is 0 Å². The van der Waals surface area contributed by atoms with Crippen LogP contribution < -0.4 is 10.1 Å². The first-order valence-electron chi connectivity index (χ1n) is 6.18. The van der Waals surface area contributed by atoms with Gasteiger partial charge in [-0.05, 0) is 23.8 Å². The molecular weight excluding hydrogens is 288 g/mol. The summed E-state index contributed by atoms with van der Waals surface area (Å²) < 4.78 is 5.11. The molecule has 0 aliphatic carbocycles. The van der Waals surface area contributed by atoms with Gasteiger partial charge < -0.3 is 4.74 Å². The van der Waals surface area contributed by atoms with Gasteiger partial charge in [-0.3, -0.25) is 14.9 Å². The summed E-state index contributed by atoms with van der Waals surface area (Å²) in [6, 6.07) is 7.36. The van der Waals surface area contributed by atoms with E-state index in [0.29, 0.717) is 10.8 Å². The van der Waals surface area contributed by atoms with Gasteiger partial charge in [-0.25, -0.2) is 4.98 Å². The molecule has 0 aliphatic rings. The van der Waals surface area contributed by atoms with Crippen LogP contribution in [0.4, 0.5) is 5.13 Å². The Morgan fingerprint density at radius 3 is 2.86 bits per heavy atom. The lowest BCUT2D eigenvalue weighted by atomic mass is 10.2. The van der Waals surface area contributed by atoms with E-state index in [4.69, 9.17) is 4.74 Å². The summed E-state index contributed by atoms with van der Waals surface area (Å²) in [4.78, 5) is 26.9. The first kappa shape index (κ1) is 14.9. The second kappa shape index (κ2) is 6.81. The average Bonchev–Trinajstić information content (AvgIpc) is 2.94. The Morgan fingerprint density at radius 1 is 1.38 bits per heavy atom. The maximum absolute atomic E-state index is 11.8. The number of methoxy groups -OCH3 is 1. The Hall–Kier alpha value is -2.47. The summed E-state index contributed by atoms with van der Waals surface area (Å²) in [7, 11) is 1.59. The number of thiazole rings is 1. The van der Waals surface area contributed by atoms with Crippen LogP contribution in [-0.4, -0.2) is 23.8 Å². The largest absolute Gasteiger partial charge is 0.497 e. The monoisotopic (exact) mass is 302 g/mol. The van der Waals surface area contributed by atoms with Gasteiger partial charge in [0, 0.05) is 18.4 Å². The molecule has 2 rings (SSSR count). The number of aromatic nitrogens is 1. The first-order valence-corrected chi connectivity index (χ1v) is 7.06. The second-order valence-corrected chi connectivity index (χ2v) is 5.05. The SMILES string of the molecule is COc1cccc(C=CC(=O)Nc2nc(C(C)=O)cs2)c1. The van der Waals surface area contributed by atoms with Crippen molar-refractivity contribution in [3.63, 3.8) is 0 Å². The van der Waals surface area contributed by atoms with Gasteiger partial charge in [-0.1, -0.05) is 12.1 Å². The van der Waals surface area contributed by atoms with E-state index in [-0.39, 0.29) is 11.7 Å². The quantitative estimate of drug-likeness (QED) is 0.681. The molecule has 5 nitrogen and oxygen atoms in total. The number of anilines is 1. The van der Waals surface area contributed by atoms with Gasteiger partial charge in [0.1, 0.15) is 11.4 Å². The Kier molecular flexibility index (Phi) is 4.84. The zero-order valence-electron chi connectivity index (χ0n) is 11.6. The van der Waals surface area contributed by atoms with Gasteiger partial charge in [0.2, 0.25) is 5.91 Å². The van der Waals surface area contributed by atoms with Crippen LogP contribution in [0.1, 0.15) is 23.0 Å². The van der Waals surface area contributed by atoms with Crippen molar-refractivity contribution in [1.82, 2.24) is 4.98 Å². The number of hydrogen-bond acceptors (Lipinski definition) is 5. The highest BCUT2D eigenvalue weighted by molar-refractivity contribution is 7.14. The summed E-state index contributed by atoms with van der Waals surface area (Å²) in [5.41, 5.74) is 1.21. The highest BCUT2D eigenvalue weighted by Crippen LogP contribution is 2.16. The lowest BCUT2D eigenvalue weighted by molar-refractivity contribution is -0.111. The van der Waals surface area contributed by atoms with Crippen molar-refractivity contribution in [2.75, 3.05) is 12.4 Å². The third kappa shape index (κ3) is 4.25. The smallest absolute Gasteiger partial charge is 0.250 e. The van der Waals surface area contributed by atoms with Gasteiger partial charge in [0.25, 0.3) is 0 Å². The van der Waals surface area contributed by atoms with E-state index in [1.807, 2.05) is 24.3 Å². The van der Waals surface area contributed by atoms with Crippen LogP contribution in [0.25, 0.3) is 6.08 Å². The minimum atomic E-state index is -0.303. The minimum Gasteiger partial charge on any atom is -0.497 e. The molecule has 0 fully saturated rings. The fourth-order valence-electron chi connectivity index (χ4n) is 1.56. The number of nitrogens with zero attached hydrogens (tertiary/aromatic N) is 1. The van der Waals surface area contributed by atoms with Gasteiger partial charge in [-0.15, -0.1) is 11.3 Å². The molecule has 2 aromatic rings. The number of nitrogens with one attached hydrogen (secondary N) is 1. The summed E-state index contributed by atoms with van der Waals surface area (Å²) in [6.45, 7) is 1.43. The number of benzene rings is 1. The van der Waals surface area contributed by atoms with Crippen molar-refractivity contribution < 1.29 is 14.3 Å². The van der Waals surface area contributed by atoms with E-state index in [9.17, 15) is 9.59 Å². The molecule has 1 aromatic carbocycles. The zero-order valence-corrected chi connectivity index (χ0v) is 12.4. The molecule has 0 spiro atoms. The number of rotatable bonds is 5. The topological polar surface area (TPSA) is 68.3 Å². The summed E-state index contributed by atoms with van der Waals surface area (Å²) in [5.74, 6) is 0.296. The lowest BCUT2D eigenvalue weighted by Gasteiger charge is -2.00. The molecule has 1 N–H and O–H groups in total. The van der Waals surface area contributed by atoms with Crippen LogP contribution in [0.15, 0.2) is 35.7 Å². The Bertz CT molecular complexity index is 692. The van der Waals surface area contributed by atoms with Crippen LogP contribution in [0.5, 0.6) is 5.75 Å². The van der Waals surface area contributed by atoms with E-state index >= 15 is 0 Å². The molecule has 0 saturated heterocycles. The van der Waals surface area contributed by atoms with Gasteiger partial charge in [0.05, 0.1) is 7.11 Å². The van der Waals surface area contributed by atoms with E-state index in [2.05, 4.69) is 10.3 Å². The number of carbonyl (C=O) groups is 2. The molecule has 108 valence electrons. The highest BCUT2D eigenvalue weighted by atomic mass is 32.1. The molecule has 0 unspecified atom stereocenters. The Morgan fingerprint density at radius 2 is 2.19 bits per heavy atom. The predicted molar refractivity (Wildman–Crippen MR) is 82.8 cm³/mol. The number of carbonyl (C=O) groups excluding carboxylic acids is 2. The minimum absolute atomic E-state index is 0.126. The fraction of sp³-hybridized carbons (Fsp3) is 0.133. The molecule has 0 aliphatic heterocycles. The molecule has 6 heteroatoms. The standard InChI is InChI=1S/C15H14N2O3S/c1-10(18)13-9-21-15(16-13)17-14(19)7-6-11-4-3-5-12(8-11)20-2/h3-9H,1-2H3,(H,16,17,19). The summed E-state index contributed by atoms with van der Waals surface area (Å²) in [6.07, 6.45) is 3.08. The van der Waals surface area contributed by atoms with Crippen molar-refractivity contribution in [1.29, 1.82) is 0 Å². The van der Waals surface area contributed by atoms with Crippen molar-refractivity contribution >= 4 is 34.2 Å². The Labute approximate surface area is 126 Å². The molecule has 21 heavy (non-hydrogen) atoms. The lowest BCUT2D eigenvalue weighted by Crippen LogP contribution is -2.07. The maximum Gasteiger partial charge on any atom is 0.250 e. The molecule has 1 amide bonds. The Balaban J connectivity index is 2.00. The first-order chi connectivity index (χ1) is 10.1. The number of hydrogen-bond donors (Lipinski definition) is 1. The number of ether oxygens (including phenoxy) is 1. The van der Waals surface area contributed by atoms with Crippen LogP contribution >= 0.6 is 11.3 Å². The molecular formula is C15H14N2O3S.